The highest BCUT2D eigenvalue weighted by atomic mass is 79.9. The highest BCUT2D eigenvalue weighted by Crippen LogP contribution is 2.24. The van der Waals surface area contributed by atoms with Crippen LogP contribution in [0.5, 0.6) is 0 Å². The molecule has 0 aliphatic carbocycles. The number of aromatic nitrogens is 2. The smallest absolute Gasteiger partial charge is 0.261 e. The molecule has 0 saturated heterocycles. The van der Waals surface area contributed by atoms with E-state index in [2.05, 4.69) is 38.1 Å². The Bertz CT molecular complexity index is 405. The van der Waals surface area contributed by atoms with Crippen LogP contribution >= 0.6 is 15.9 Å². The molecular formula is C12H18BrF2N3O. The summed E-state index contributed by atoms with van der Waals surface area (Å²) in [7, 11) is 1.78. The lowest BCUT2D eigenvalue weighted by molar-refractivity contribution is 0.0183. The third kappa shape index (κ3) is 5.36. The summed E-state index contributed by atoms with van der Waals surface area (Å²) in [5.41, 5.74) is 0.922. The fourth-order valence-corrected chi connectivity index (χ4v) is 2.13. The van der Waals surface area contributed by atoms with E-state index < -0.39 is 13.0 Å². The summed E-state index contributed by atoms with van der Waals surface area (Å²) in [4.78, 5) is 8.74. The SMILES string of the molecule is CCCc1nc(CCOCC(F)F)nc(NC)c1Br. The second kappa shape index (κ2) is 8.37. The molecule has 7 heteroatoms. The molecule has 0 radical (unpaired) electrons. The molecule has 1 rings (SSSR count). The molecule has 19 heavy (non-hydrogen) atoms. The van der Waals surface area contributed by atoms with Crippen molar-refractivity contribution in [2.75, 3.05) is 25.6 Å². The van der Waals surface area contributed by atoms with E-state index in [4.69, 9.17) is 4.74 Å². The van der Waals surface area contributed by atoms with Gasteiger partial charge in [0.25, 0.3) is 6.43 Å². The summed E-state index contributed by atoms with van der Waals surface area (Å²) in [6.45, 7) is 1.72. The number of ether oxygens (including phenoxy) is 1. The molecule has 0 atom stereocenters. The minimum Gasteiger partial charge on any atom is -0.375 e. The Labute approximate surface area is 120 Å². The van der Waals surface area contributed by atoms with Gasteiger partial charge in [-0.2, -0.15) is 0 Å². The lowest BCUT2D eigenvalue weighted by atomic mass is 10.2. The minimum absolute atomic E-state index is 0.195. The van der Waals surface area contributed by atoms with Crippen LogP contribution in [-0.2, 0) is 17.6 Å². The van der Waals surface area contributed by atoms with Gasteiger partial charge in [0.2, 0.25) is 0 Å². The summed E-state index contributed by atoms with van der Waals surface area (Å²) < 4.78 is 29.5. The average Bonchev–Trinajstić information content (AvgIpc) is 2.38. The summed E-state index contributed by atoms with van der Waals surface area (Å²) in [5.74, 6) is 1.31. The minimum atomic E-state index is -2.44. The Kier molecular flexibility index (Phi) is 7.15. The van der Waals surface area contributed by atoms with Gasteiger partial charge in [-0.1, -0.05) is 13.3 Å². The van der Waals surface area contributed by atoms with E-state index in [1.54, 1.807) is 7.05 Å². The van der Waals surface area contributed by atoms with Crippen LogP contribution in [0.4, 0.5) is 14.6 Å². The van der Waals surface area contributed by atoms with Crippen molar-refractivity contribution >= 4 is 21.7 Å². The van der Waals surface area contributed by atoms with Crippen molar-refractivity contribution in [2.24, 2.45) is 0 Å². The third-order valence-electron chi connectivity index (χ3n) is 2.40. The molecule has 0 aromatic carbocycles. The summed E-state index contributed by atoms with van der Waals surface area (Å²) in [6.07, 6.45) is -0.205. The maximum Gasteiger partial charge on any atom is 0.261 e. The predicted molar refractivity (Wildman–Crippen MR) is 73.8 cm³/mol. The van der Waals surface area contributed by atoms with Crippen LogP contribution in [0.25, 0.3) is 0 Å². The second-order valence-corrected chi connectivity index (χ2v) is 4.76. The normalized spacial score (nSPS) is 11.1. The molecule has 0 amide bonds. The molecule has 0 unspecified atom stereocenters. The first-order valence-corrected chi connectivity index (χ1v) is 6.96. The van der Waals surface area contributed by atoms with Crippen molar-refractivity contribution < 1.29 is 13.5 Å². The molecule has 1 N–H and O–H groups in total. The fourth-order valence-electron chi connectivity index (χ4n) is 1.56. The quantitative estimate of drug-likeness (QED) is 0.740. The second-order valence-electron chi connectivity index (χ2n) is 3.97. The Morgan fingerprint density at radius 1 is 1.32 bits per heavy atom. The zero-order chi connectivity index (χ0) is 14.3. The van der Waals surface area contributed by atoms with Crippen molar-refractivity contribution in [2.45, 2.75) is 32.6 Å². The Morgan fingerprint density at radius 3 is 2.63 bits per heavy atom. The number of anilines is 1. The Morgan fingerprint density at radius 2 is 2.05 bits per heavy atom. The number of nitrogens with one attached hydrogen (secondary N) is 1. The number of aryl methyl sites for hydroxylation is 1. The van der Waals surface area contributed by atoms with Crippen molar-refractivity contribution in [1.29, 1.82) is 0 Å². The zero-order valence-electron chi connectivity index (χ0n) is 11.0. The van der Waals surface area contributed by atoms with Gasteiger partial charge in [0.1, 0.15) is 18.2 Å². The van der Waals surface area contributed by atoms with Gasteiger partial charge in [-0.3, -0.25) is 0 Å². The van der Waals surface area contributed by atoms with Crippen molar-refractivity contribution in [3.63, 3.8) is 0 Å². The average molecular weight is 338 g/mol. The molecule has 0 aliphatic rings. The summed E-state index contributed by atoms with van der Waals surface area (Å²) in [6, 6.07) is 0. The van der Waals surface area contributed by atoms with Crippen LogP contribution in [-0.4, -0.2) is 36.7 Å². The van der Waals surface area contributed by atoms with Crippen LogP contribution < -0.4 is 5.32 Å². The van der Waals surface area contributed by atoms with E-state index >= 15 is 0 Å². The first kappa shape index (κ1) is 16.2. The van der Waals surface area contributed by atoms with Gasteiger partial charge in [-0.25, -0.2) is 18.7 Å². The highest BCUT2D eigenvalue weighted by molar-refractivity contribution is 9.10. The number of nitrogens with zero attached hydrogens (tertiary/aromatic N) is 2. The van der Waals surface area contributed by atoms with Crippen molar-refractivity contribution in [1.82, 2.24) is 9.97 Å². The molecular weight excluding hydrogens is 320 g/mol. The molecule has 0 spiro atoms. The number of alkyl halides is 2. The molecule has 108 valence electrons. The summed E-state index contributed by atoms with van der Waals surface area (Å²) in [5, 5.41) is 2.98. The maximum atomic E-state index is 11.9. The fraction of sp³-hybridized carbons (Fsp3) is 0.667. The molecule has 1 aromatic rings. The largest absolute Gasteiger partial charge is 0.375 e. The van der Waals surface area contributed by atoms with Gasteiger partial charge in [-0.05, 0) is 22.4 Å². The lowest BCUT2D eigenvalue weighted by Crippen LogP contribution is -2.11. The third-order valence-corrected chi connectivity index (χ3v) is 3.24. The van der Waals surface area contributed by atoms with Gasteiger partial charge in [0.15, 0.2) is 0 Å². The van der Waals surface area contributed by atoms with Gasteiger partial charge >= 0.3 is 0 Å². The number of rotatable bonds is 8. The standard InChI is InChI=1S/C12H18BrF2N3O/c1-3-4-8-11(13)12(16-2)18-10(17-8)5-6-19-7-9(14)15/h9H,3-7H2,1-2H3,(H,16,17,18). The van der Waals surface area contributed by atoms with Gasteiger partial charge in [0, 0.05) is 13.5 Å². The molecule has 0 saturated carbocycles. The maximum absolute atomic E-state index is 11.9. The number of halogens is 3. The van der Waals surface area contributed by atoms with Crippen LogP contribution in [0.2, 0.25) is 0 Å². The molecule has 1 heterocycles. The first-order valence-electron chi connectivity index (χ1n) is 6.17. The van der Waals surface area contributed by atoms with Gasteiger partial charge < -0.3 is 10.1 Å². The first-order chi connectivity index (χ1) is 9.08. The van der Waals surface area contributed by atoms with Crippen molar-refractivity contribution in [3.05, 3.63) is 16.0 Å². The van der Waals surface area contributed by atoms with E-state index in [1.165, 1.54) is 0 Å². The molecule has 1 aromatic heterocycles. The van der Waals surface area contributed by atoms with Crippen LogP contribution in [0, 0.1) is 0 Å². The van der Waals surface area contributed by atoms with Crippen LogP contribution in [0.1, 0.15) is 24.9 Å². The van der Waals surface area contributed by atoms with Crippen LogP contribution in [0.15, 0.2) is 4.47 Å². The van der Waals surface area contributed by atoms with E-state index in [-0.39, 0.29) is 6.61 Å². The van der Waals surface area contributed by atoms with E-state index in [1.807, 2.05) is 0 Å². The van der Waals surface area contributed by atoms with E-state index in [0.29, 0.717) is 18.1 Å². The predicted octanol–water partition coefficient (Wildman–Crippen LogP) is 3.06. The zero-order valence-corrected chi connectivity index (χ0v) is 12.6. The lowest BCUT2D eigenvalue weighted by Gasteiger charge is -2.10. The topological polar surface area (TPSA) is 47.0 Å². The molecule has 4 nitrogen and oxygen atoms in total. The Balaban J connectivity index is 2.69. The van der Waals surface area contributed by atoms with Crippen molar-refractivity contribution in [3.8, 4) is 0 Å². The van der Waals surface area contributed by atoms with Gasteiger partial charge in [-0.15, -0.1) is 0 Å². The molecule has 0 bridgehead atoms. The summed E-state index contributed by atoms with van der Waals surface area (Å²) >= 11 is 3.46. The van der Waals surface area contributed by atoms with Crippen LogP contribution in [0.3, 0.4) is 0 Å². The number of hydrogen-bond donors (Lipinski definition) is 1. The number of hydrogen-bond acceptors (Lipinski definition) is 4. The van der Waals surface area contributed by atoms with E-state index in [0.717, 1.165) is 23.0 Å². The highest BCUT2D eigenvalue weighted by Gasteiger charge is 2.11. The Hall–Kier alpha value is -0.820. The molecule has 0 aliphatic heterocycles. The molecule has 0 fully saturated rings. The van der Waals surface area contributed by atoms with E-state index in [9.17, 15) is 8.78 Å². The monoisotopic (exact) mass is 337 g/mol. The van der Waals surface area contributed by atoms with Gasteiger partial charge in [0.05, 0.1) is 16.8 Å².